The van der Waals surface area contributed by atoms with Gasteiger partial charge in [-0.05, 0) is 63.2 Å². The number of rotatable bonds is 4. The topological polar surface area (TPSA) is 18.5 Å². The molecule has 124 valence electrons. The number of hydrogen-bond acceptors (Lipinski definition) is 2. The van der Waals surface area contributed by atoms with Gasteiger partial charge in [-0.15, -0.1) is 0 Å². The van der Waals surface area contributed by atoms with E-state index in [0.29, 0.717) is 18.1 Å². The molecule has 2 heteroatoms. The average Bonchev–Trinajstić information content (AvgIpc) is 2.54. The Hall–Kier alpha value is -0.760. The van der Waals surface area contributed by atoms with E-state index < -0.39 is 0 Å². The number of ether oxygens (including phenoxy) is 2. The van der Waals surface area contributed by atoms with E-state index in [0.717, 1.165) is 5.76 Å². The summed E-state index contributed by atoms with van der Waals surface area (Å²) in [6, 6.07) is 0. The first kappa shape index (κ1) is 16.1. The second-order valence-corrected chi connectivity index (χ2v) is 7.48. The highest BCUT2D eigenvalue weighted by atomic mass is 16.5. The molecule has 3 aliphatic rings. The Kier molecular flexibility index (Phi) is 5.62. The Morgan fingerprint density at radius 1 is 0.818 bits per heavy atom. The third kappa shape index (κ3) is 4.16. The van der Waals surface area contributed by atoms with Crippen molar-refractivity contribution in [2.45, 2.75) is 96.4 Å². The maximum atomic E-state index is 6.38. The first-order chi connectivity index (χ1) is 10.7. The summed E-state index contributed by atoms with van der Waals surface area (Å²) < 4.78 is 12.7. The van der Waals surface area contributed by atoms with Gasteiger partial charge in [-0.3, -0.25) is 0 Å². The van der Waals surface area contributed by atoms with E-state index in [1.54, 1.807) is 0 Å². The molecule has 3 aliphatic carbocycles. The van der Waals surface area contributed by atoms with Crippen LogP contribution >= 0.6 is 0 Å². The third-order valence-electron chi connectivity index (χ3n) is 5.48. The van der Waals surface area contributed by atoms with E-state index in [1.165, 1.54) is 69.8 Å². The molecule has 2 atom stereocenters. The van der Waals surface area contributed by atoms with Gasteiger partial charge < -0.3 is 9.47 Å². The van der Waals surface area contributed by atoms with Crippen LogP contribution in [0.15, 0.2) is 23.5 Å². The van der Waals surface area contributed by atoms with Gasteiger partial charge in [0.2, 0.25) is 0 Å². The first-order valence-electron chi connectivity index (χ1n) is 9.45. The Bertz CT molecular complexity index is 411. The van der Waals surface area contributed by atoms with Crippen molar-refractivity contribution < 1.29 is 9.47 Å². The lowest BCUT2D eigenvalue weighted by molar-refractivity contribution is -0.0250. The van der Waals surface area contributed by atoms with E-state index in [-0.39, 0.29) is 6.10 Å². The van der Waals surface area contributed by atoms with Crippen LogP contribution in [0.2, 0.25) is 0 Å². The molecule has 0 heterocycles. The van der Waals surface area contributed by atoms with Gasteiger partial charge in [0.05, 0.1) is 18.3 Å². The summed E-state index contributed by atoms with van der Waals surface area (Å²) >= 11 is 0. The van der Waals surface area contributed by atoms with Crippen LogP contribution in [-0.2, 0) is 9.47 Å². The highest BCUT2D eigenvalue weighted by Crippen LogP contribution is 2.32. The Morgan fingerprint density at radius 3 is 2.05 bits per heavy atom. The minimum atomic E-state index is 0.238. The van der Waals surface area contributed by atoms with Gasteiger partial charge in [-0.1, -0.05) is 32.6 Å². The number of allylic oxidation sites excluding steroid dienone is 1. The molecule has 0 aromatic rings. The molecule has 0 bridgehead atoms. The van der Waals surface area contributed by atoms with E-state index in [4.69, 9.17) is 9.47 Å². The average molecular weight is 304 g/mol. The summed E-state index contributed by atoms with van der Waals surface area (Å²) in [4.78, 5) is 0. The molecule has 0 aromatic carbocycles. The summed E-state index contributed by atoms with van der Waals surface area (Å²) in [5.41, 5.74) is 1.27. The van der Waals surface area contributed by atoms with Crippen LogP contribution in [0.1, 0.15) is 78.1 Å². The first-order valence-corrected chi connectivity index (χ1v) is 9.45. The van der Waals surface area contributed by atoms with Crippen LogP contribution in [0.4, 0.5) is 0 Å². The maximum Gasteiger partial charge on any atom is 0.118 e. The van der Waals surface area contributed by atoms with Crippen LogP contribution < -0.4 is 0 Å². The highest BCUT2D eigenvalue weighted by Gasteiger charge is 2.26. The van der Waals surface area contributed by atoms with Gasteiger partial charge in [0, 0.05) is 5.92 Å². The molecule has 0 saturated heterocycles. The van der Waals surface area contributed by atoms with Crippen molar-refractivity contribution in [2.24, 2.45) is 5.92 Å². The van der Waals surface area contributed by atoms with Crippen molar-refractivity contribution in [3.05, 3.63) is 23.5 Å². The zero-order chi connectivity index (χ0) is 15.4. The van der Waals surface area contributed by atoms with Gasteiger partial charge in [-0.2, -0.15) is 0 Å². The molecular weight excluding hydrogens is 272 g/mol. The fourth-order valence-electron chi connectivity index (χ4n) is 4.03. The SMILES string of the molecule is CC1=CC(OC2CCCCC2)C(C)C=C1OC1CCCCC1. The summed E-state index contributed by atoms with van der Waals surface area (Å²) in [5, 5.41) is 0. The maximum absolute atomic E-state index is 6.38. The van der Waals surface area contributed by atoms with Crippen LogP contribution in [0, 0.1) is 5.92 Å². The lowest BCUT2D eigenvalue weighted by atomic mass is 9.92. The van der Waals surface area contributed by atoms with E-state index in [2.05, 4.69) is 26.0 Å². The minimum Gasteiger partial charge on any atom is -0.490 e. The molecule has 0 amide bonds. The Morgan fingerprint density at radius 2 is 1.41 bits per heavy atom. The van der Waals surface area contributed by atoms with Crippen LogP contribution in [0.5, 0.6) is 0 Å². The molecule has 2 fully saturated rings. The van der Waals surface area contributed by atoms with Crippen LogP contribution in [0.25, 0.3) is 0 Å². The molecule has 0 radical (unpaired) electrons. The van der Waals surface area contributed by atoms with Crippen molar-refractivity contribution in [3.8, 4) is 0 Å². The van der Waals surface area contributed by atoms with Gasteiger partial charge in [0.25, 0.3) is 0 Å². The summed E-state index contributed by atoms with van der Waals surface area (Å²) in [7, 11) is 0. The van der Waals surface area contributed by atoms with Gasteiger partial charge >= 0.3 is 0 Å². The molecule has 2 unspecified atom stereocenters. The second kappa shape index (κ2) is 7.68. The lowest BCUT2D eigenvalue weighted by Gasteiger charge is -2.33. The fraction of sp³-hybridized carbons (Fsp3) is 0.800. The van der Waals surface area contributed by atoms with E-state index in [9.17, 15) is 0 Å². The molecule has 0 aliphatic heterocycles. The van der Waals surface area contributed by atoms with Gasteiger partial charge in [0.15, 0.2) is 0 Å². The molecule has 0 N–H and O–H groups in total. The quantitative estimate of drug-likeness (QED) is 0.679. The van der Waals surface area contributed by atoms with E-state index >= 15 is 0 Å². The largest absolute Gasteiger partial charge is 0.490 e. The lowest BCUT2D eigenvalue weighted by Crippen LogP contribution is -2.30. The standard InChI is InChI=1S/C20H32O2/c1-15-13-20(22-18-11-7-4-8-12-18)16(2)14-19(15)21-17-9-5-3-6-10-17/h13-15,17-19H,3-12H2,1-2H3. The molecule has 22 heavy (non-hydrogen) atoms. The molecule has 0 aromatic heterocycles. The molecule has 2 saturated carbocycles. The fourth-order valence-corrected chi connectivity index (χ4v) is 4.03. The minimum absolute atomic E-state index is 0.238. The van der Waals surface area contributed by atoms with Crippen LogP contribution in [0.3, 0.4) is 0 Å². The highest BCUT2D eigenvalue weighted by molar-refractivity contribution is 5.30. The van der Waals surface area contributed by atoms with Crippen molar-refractivity contribution in [2.75, 3.05) is 0 Å². The summed E-state index contributed by atoms with van der Waals surface area (Å²) in [6.07, 6.45) is 18.8. The van der Waals surface area contributed by atoms with E-state index in [1.807, 2.05) is 0 Å². The normalized spacial score (nSPS) is 31.5. The van der Waals surface area contributed by atoms with Crippen LogP contribution in [-0.4, -0.2) is 18.3 Å². The monoisotopic (exact) mass is 304 g/mol. The van der Waals surface area contributed by atoms with Gasteiger partial charge in [-0.25, -0.2) is 0 Å². The van der Waals surface area contributed by atoms with Crippen molar-refractivity contribution in [1.82, 2.24) is 0 Å². The summed E-state index contributed by atoms with van der Waals surface area (Å²) in [6.45, 7) is 4.44. The zero-order valence-corrected chi connectivity index (χ0v) is 14.4. The Labute approximate surface area is 136 Å². The molecule has 2 nitrogen and oxygen atoms in total. The number of hydrogen-bond donors (Lipinski definition) is 0. The summed E-state index contributed by atoms with van der Waals surface area (Å²) in [5.74, 6) is 1.53. The molecule has 3 rings (SSSR count). The van der Waals surface area contributed by atoms with Crippen molar-refractivity contribution in [1.29, 1.82) is 0 Å². The van der Waals surface area contributed by atoms with Gasteiger partial charge in [0.1, 0.15) is 5.76 Å². The smallest absolute Gasteiger partial charge is 0.118 e. The molecule has 0 spiro atoms. The predicted molar refractivity (Wildman–Crippen MR) is 90.7 cm³/mol. The second-order valence-electron chi connectivity index (χ2n) is 7.48. The Balaban J connectivity index is 1.56. The van der Waals surface area contributed by atoms with Crippen molar-refractivity contribution in [3.63, 3.8) is 0 Å². The zero-order valence-electron chi connectivity index (χ0n) is 14.4. The van der Waals surface area contributed by atoms with Crippen molar-refractivity contribution >= 4 is 0 Å². The third-order valence-corrected chi connectivity index (χ3v) is 5.48. The predicted octanol–water partition coefficient (Wildman–Crippen LogP) is 5.53. The molecular formula is C20H32O2.